The molecule has 110 valence electrons. The van der Waals surface area contributed by atoms with Crippen LogP contribution < -0.4 is 5.73 Å². The summed E-state index contributed by atoms with van der Waals surface area (Å²) in [5, 5.41) is 3.75. The number of anilines is 1. The Balaban J connectivity index is 2.93. The van der Waals surface area contributed by atoms with Crippen LogP contribution in [0.1, 0.15) is 13.3 Å². The predicted octanol–water partition coefficient (Wildman–Crippen LogP) is 1.06. The maximum absolute atomic E-state index is 12.1. The first-order valence-corrected chi connectivity index (χ1v) is 6.88. The van der Waals surface area contributed by atoms with Crippen molar-refractivity contribution in [1.29, 1.82) is 0 Å². The average Bonchev–Trinajstić information content (AvgIpc) is 2.67. The summed E-state index contributed by atoms with van der Waals surface area (Å²) in [6.45, 7) is 1.48. The van der Waals surface area contributed by atoms with E-state index in [1.165, 1.54) is 10.9 Å². The van der Waals surface area contributed by atoms with E-state index in [2.05, 4.69) is 5.10 Å². The molecule has 0 spiro atoms. The molecule has 0 fully saturated rings. The molecule has 0 unspecified atom stereocenters. The Morgan fingerprint density at radius 2 is 2.05 bits per heavy atom. The molecule has 0 saturated heterocycles. The first kappa shape index (κ1) is 15.8. The van der Waals surface area contributed by atoms with Gasteiger partial charge in [-0.3, -0.25) is 4.68 Å². The summed E-state index contributed by atoms with van der Waals surface area (Å²) < 4.78 is 62.2. The summed E-state index contributed by atoms with van der Waals surface area (Å²) in [6, 6.07) is 0. The van der Waals surface area contributed by atoms with Crippen molar-refractivity contribution in [3.8, 4) is 0 Å². The summed E-state index contributed by atoms with van der Waals surface area (Å²) in [5.74, 6) is -0.222. The fraction of sp³-hybridized carbons (Fsp3) is 0.667. The van der Waals surface area contributed by atoms with Gasteiger partial charge in [-0.25, -0.2) is 12.7 Å². The Kier molecular flexibility index (Phi) is 4.46. The molecular formula is C9H15F3N4O2S. The van der Waals surface area contributed by atoms with Gasteiger partial charge >= 0.3 is 6.18 Å². The highest BCUT2D eigenvalue weighted by Gasteiger charge is 2.32. The zero-order valence-corrected chi connectivity index (χ0v) is 11.3. The second kappa shape index (κ2) is 5.37. The SMILES string of the molecule is CCn1cc(S(=O)(=O)N(C)CCC(F)(F)F)c(N)n1. The zero-order valence-electron chi connectivity index (χ0n) is 10.5. The van der Waals surface area contributed by atoms with Crippen LogP contribution in [0.15, 0.2) is 11.1 Å². The van der Waals surface area contributed by atoms with E-state index in [1.807, 2.05) is 0 Å². The van der Waals surface area contributed by atoms with Gasteiger partial charge in [-0.1, -0.05) is 0 Å². The Morgan fingerprint density at radius 1 is 1.47 bits per heavy atom. The molecule has 1 rings (SSSR count). The average molecular weight is 300 g/mol. The van der Waals surface area contributed by atoms with Crippen LogP contribution in [0.4, 0.5) is 19.0 Å². The Hall–Kier alpha value is -1.29. The van der Waals surface area contributed by atoms with Crippen LogP contribution in [0.25, 0.3) is 0 Å². The maximum Gasteiger partial charge on any atom is 0.390 e. The van der Waals surface area contributed by atoms with Gasteiger partial charge in [0.1, 0.15) is 4.90 Å². The van der Waals surface area contributed by atoms with Crippen molar-refractivity contribution in [2.75, 3.05) is 19.3 Å². The van der Waals surface area contributed by atoms with Gasteiger partial charge in [-0.2, -0.15) is 18.3 Å². The summed E-state index contributed by atoms with van der Waals surface area (Å²) in [5.41, 5.74) is 5.46. The van der Waals surface area contributed by atoms with Gasteiger partial charge in [0.2, 0.25) is 10.0 Å². The molecule has 10 heteroatoms. The van der Waals surface area contributed by atoms with Gasteiger partial charge < -0.3 is 5.73 Å². The van der Waals surface area contributed by atoms with E-state index >= 15 is 0 Å². The van der Waals surface area contributed by atoms with E-state index in [-0.39, 0.29) is 10.7 Å². The lowest BCUT2D eigenvalue weighted by Gasteiger charge is -2.17. The van der Waals surface area contributed by atoms with Gasteiger partial charge in [-0.15, -0.1) is 0 Å². The lowest BCUT2D eigenvalue weighted by Crippen LogP contribution is -2.30. The maximum atomic E-state index is 12.1. The normalized spacial score (nSPS) is 13.2. The summed E-state index contributed by atoms with van der Waals surface area (Å²) in [6.07, 6.45) is -4.43. The lowest BCUT2D eigenvalue weighted by atomic mass is 10.4. The second-order valence-corrected chi connectivity index (χ2v) is 5.94. The van der Waals surface area contributed by atoms with Crippen LogP contribution in [0.3, 0.4) is 0 Å². The largest absolute Gasteiger partial charge is 0.390 e. The Morgan fingerprint density at radius 3 is 2.47 bits per heavy atom. The van der Waals surface area contributed by atoms with Gasteiger partial charge in [0.15, 0.2) is 5.82 Å². The first-order chi connectivity index (χ1) is 8.58. The van der Waals surface area contributed by atoms with Crippen molar-refractivity contribution in [1.82, 2.24) is 14.1 Å². The molecule has 0 radical (unpaired) electrons. The predicted molar refractivity (Wildman–Crippen MR) is 62.8 cm³/mol. The van der Waals surface area contributed by atoms with Gasteiger partial charge in [0.05, 0.1) is 6.42 Å². The Bertz CT molecular complexity index is 538. The van der Waals surface area contributed by atoms with Crippen molar-refractivity contribution in [2.24, 2.45) is 0 Å². The first-order valence-electron chi connectivity index (χ1n) is 5.44. The fourth-order valence-corrected chi connectivity index (χ4v) is 2.58. The molecule has 0 aromatic carbocycles. The van der Waals surface area contributed by atoms with E-state index in [0.717, 1.165) is 7.05 Å². The van der Waals surface area contributed by atoms with Gasteiger partial charge in [0, 0.05) is 26.3 Å². The number of nitrogens with zero attached hydrogens (tertiary/aromatic N) is 3. The minimum Gasteiger partial charge on any atom is -0.381 e. The molecule has 0 aliphatic heterocycles. The molecule has 6 nitrogen and oxygen atoms in total. The quantitative estimate of drug-likeness (QED) is 0.881. The standard InChI is InChI=1S/C9H15F3N4O2S/c1-3-16-6-7(8(13)14-16)19(17,18)15(2)5-4-9(10,11)12/h6H,3-5H2,1-2H3,(H2,13,14). The van der Waals surface area contributed by atoms with Crippen LogP contribution in [-0.4, -0.2) is 42.3 Å². The van der Waals surface area contributed by atoms with Crippen molar-refractivity contribution < 1.29 is 21.6 Å². The van der Waals surface area contributed by atoms with Crippen LogP contribution in [0, 0.1) is 0 Å². The molecule has 19 heavy (non-hydrogen) atoms. The van der Waals surface area contributed by atoms with Crippen LogP contribution in [0.2, 0.25) is 0 Å². The van der Waals surface area contributed by atoms with Crippen LogP contribution >= 0.6 is 0 Å². The number of halogens is 3. The van der Waals surface area contributed by atoms with Crippen molar-refractivity contribution >= 4 is 15.8 Å². The van der Waals surface area contributed by atoms with Crippen molar-refractivity contribution in [3.05, 3.63) is 6.20 Å². The molecule has 1 heterocycles. The third-order valence-electron chi connectivity index (χ3n) is 2.48. The molecule has 0 saturated carbocycles. The van der Waals surface area contributed by atoms with E-state index in [1.54, 1.807) is 6.92 Å². The number of rotatable bonds is 5. The van der Waals surface area contributed by atoms with Gasteiger partial charge in [0.25, 0.3) is 0 Å². The van der Waals surface area contributed by atoms with E-state index in [0.29, 0.717) is 10.8 Å². The number of hydrogen-bond acceptors (Lipinski definition) is 4. The van der Waals surface area contributed by atoms with Crippen LogP contribution in [-0.2, 0) is 16.6 Å². The monoisotopic (exact) mass is 300 g/mol. The molecular weight excluding hydrogens is 285 g/mol. The number of nitrogens with two attached hydrogens (primary N) is 1. The van der Waals surface area contributed by atoms with Crippen molar-refractivity contribution in [2.45, 2.75) is 31.0 Å². The molecule has 0 atom stereocenters. The lowest BCUT2D eigenvalue weighted by molar-refractivity contribution is -0.135. The topological polar surface area (TPSA) is 81.2 Å². The van der Waals surface area contributed by atoms with E-state index in [9.17, 15) is 21.6 Å². The highest BCUT2D eigenvalue weighted by atomic mass is 32.2. The minimum atomic E-state index is -4.41. The summed E-state index contributed by atoms with van der Waals surface area (Å²) in [4.78, 5) is -0.279. The number of hydrogen-bond donors (Lipinski definition) is 1. The highest BCUT2D eigenvalue weighted by Crippen LogP contribution is 2.24. The highest BCUT2D eigenvalue weighted by molar-refractivity contribution is 7.89. The number of aromatic nitrogens is 2. The van der Waals surface area contributed by atoms with Crippen LogP contribution in [0.5, 0.6) is 0 Å². The Labute approximate surface area is 109 Å². The minimum absolute atomic E-state index is 0.222. The summed E-state index contributed by atoms with van der Waals surface area (Å²) in [7, 11) is -2.98. The van der Waals surface area contributed by atoms with E-state index in [4.69, 9.17) is 5.73 Å². The molecule has 0 aliphatic carbocycles. The van der Waals surface area contributed by atoms with E-state index < -0.39 is 29.2 Å². The molecule has 0 aliphatic rings. The second-order valence-electron chi connectivity index (χ2n) is 3.93. The number of nitrogen functional groups attached to an aromatic ring is 1. The summed E-state index contributed by atoms with van der Waals surface area (Å²) >= 11 is 0. The molecule has 2 N–H and O–H groups in total. The molecule has 1 aromatic rings. The smallest absolute Gasteiger partial charge is 0.381 e. The van der Waals surface area contributed by atoms with Gasteiger partial charge in [-0.05, 0) is 6.92 Å². The third-order valence-corrected chi connectivity index (χ3v) is 4.35. The fourth-order valence-electron chi connectivity index (χ4n) is 1.35. The zero-order chi connectivity index (χ0) is 14.8. The van der Waals surface area contributed by atoms with Crippen molar-refractivity contribution in [3.63, 3.8) is 0 Å². The molecule has 1 aromatic heterocycles. The molecule has 0 amide bonds. The number of aryl methyl sites for hydroxylation is 1. The number of sulfonamides is 1. The number of alkyl halides is 3. The third kappa shape index (κ3) is 3.83. The molecule has 0 bridgehead atoms.